The highest BCUT2D eigenvalue weighted by molar-refractivity contribution is 6.30. The van der Waals surface area contributed by atoms with Gasteiger partial charge in [-0.3, -0.25) is 9.59 Å². The van der Waals surface area contributed by atoms with Crippen LogP contribution in [0.3, 0.4) is 0 Å². The Bertz CT molecular complexity index is 761. The Kier molecular flexibility index (Phi) is 3.96. The summed E-state index contributed by atoms with van der Waals surface area (Å²) in [4.78, 5) is 24.7. The second-order valence-electron chi connectivity index (χ2n) is 5.39. The van der Waals surface area contributed by atoms with Gasteiger partial charge in [0.25, 0.3) is 17.4 Å². The highest BCUT2D eigenvalue weighted by Crippen LogP contribution is 2.33. The number of carbonyl (C=O) groups is 2. The van der Waals surface area contributed by atoms with Crippen molar-refractivity contribution in [1.82, 2.24) is 5.32 Å². The van der Waals surface area contributed by atoms with Gasteiger partial charge in [-0.25, -0.2) is 0 Å². The summed E-state index contributed by atoms with van der Waals surface area (Å²) in [5.41, 5.74) is -0.177. The Hall–Kier alpha value is -2.53. The highest BCUT2D eigenvalue weighted by Gasteiger charge is 2.47. The van der Waals surface area contributed by atoms with Crippen LogP contribution in [0.4, 0.5) is 5.69 Å². The number of halogens is 1. The summed E-state index contributed by atoms with van der Waals surface area (Å²) < 4.78 is 5.66. The second-order valence-corrected chi connectivity index (χ2v) is 5.83. The molecule has 2 N–H and O–H groups in total. The fourth-order valence-electron chi connectivity index (χ4n) is 2.27. The van der Waals surface area contributed by atoms with Crippen molar-refractivity contribution in [3.05, 3.63) is 59.1 Å². The van der Waals surface area contributed by atoms with Gasteiger partial charge in [-0.1, -0.05) is 35.9 Å². The van der Waals surface area contributed by atoms with Crippen LogP contribution in [-0.2, 0) is 16.1 Å². The molecule has 0 spiro atoms. The molecular weight excluding hydrogens is 316 g/mol. The zero-order valence-electron chi connectivity index (χ0n) is 12.4. The maximum absolute atomic E-state index is 12.5. The largest absolute Gasteiger partial charge is 0.466 e. The van der Waals surface area contributed by atoms with Crippen molar-refractivity contribution in [2.75, 3.05) is 5.32 Å². The maximum atomic E-state index is 12.5. The number of hydrogen-bond donors (Lipinski definition) is 2. The topological polar surface area (TPSA) is 67.4 Å². The van der Waals surface area contributed by atoms with E-state index in [0.29, 0.717) is 16.5 Å². The van der Waals surface area contributed by atoms with E-state index in [1.807, 2.05) is 12.1 Å². The van der Waals surface area contributed by atoms with Crippen molar-refractivity contribution in [3.63, 3.8) is 0 Å². The monoisotopic (exact) mass is 330 g/mol. The molecule has 0 saturated heterocycles. The molecule has 0 saturated carbocycles. The van der Waals surface area contributed by atoms with E-state index < -0.39 is 17.4 Å². The van der Waals surface area contributed by atoms with Crippen LogP contribution in [0, 0.1) is 0 Å². The summed E-state index contributed by atoms with van der Waals surface area (Å²) in [6, 6.07) is 14.1. The predicted molar refractivity (Wildman–Crippen MR) is 87.4 cm³/mol. The number of benzene rings is 2. The number of nitrogens with one attached hydrogen (secondary N) is 2. The molecule has 1 aliphatic rings. The zero-order valence-corrected chi connectivity index (χ0v) is 13.2. The molecule has 23 heavy (non-hydrogen) atoms. The van der Waals surface area contributed by atoms with Gasteiger partial charge < -0.3 is 15.4 Å². The molecule has 0 unspecified atom stereocenters. The molecule has 1 aliphatic heterocycles. The Morgan fingerprint density at radius 2 is 1.91 bits per heavy atom. The van der Waals surface area contributed by atoms with Gasteiger partial charge in [0, 0.05) is 11.6 Å². The van der Waals surface area contributed by atoms with Crippen molar-refractivity contribution in [3.8, 4) is 5.75 Å². The first-order chi connectivity index (χ1) is 11.0. The lowest BCUT2D eigenvalue weighted by atomic mass is 10.0. The minimum Gasteiger partial charge on any atom is -0.466 e. The third-order valence-electron chi connectivity index (χ3n) is 3.68. The number of fused-ring (bicyclic) bond motifs is 1. The molecule has 5 nitrogen and oxygen atoms in total. The van der Waals surface area contributed by atoms with Crippen molar-refractivity contribution in [2.24, 2.45) is 0 Å². The molecule has 0 bridgehead atoms. The van der Waals surface area contributed by atoms with Crippen LogP contribution in [0.1, 0.15) is 12.5 Å². The number of para-hydroxylation sites is 2. The number of anilines is 1. The molecular formula is C17H15ClN2O3. The summed E-state index contributed by atoms with van der Waals surface area (Å²) in [6.45, 7) is 1.74. The number of amides is 2. The van der Waals surface area contributed by atoms with Crippen LogP contribution in [0.2, 0.25) is 5.02 Å². The first-order valence-corrected chi connectivity index (χ1v) is 7.49. The first kappa shape index (κ1) is 15.4. The number of ether oxygens (including phenoxy) is 1. The van der Waals surface area contributed by atoms with Crippen LogP contribution >= 0.6 is 11.6 Å². The van der Waals surface area contributed by atoms with Gasteiger partial charge in [0.1, 0.15) is 5.75 Å². The minimum absolute atomic E-state index is 0.282. The standard InChI is InChI=1S/C17H15ClN2O3/c1-17(15(21)19-10-11-6-8-12(18)9-7-11)16(22)20-13-4-2-3-5-14(13)23-17/h2-9H,10H2,1H3,(H,19,21)(H,20,22)/t17-/m0/s1. The Morgan fingerprint density at radius 1 is 1.22 bits per heavy atom. The van der Waals surface area contributed by atoms with Gasteiger partial charge in [-0.15, -0.1) is 0 Å². The quantitative estimate of drug-likeness (QED) is 0.850. The molecule has 0 aromatic heterocycles. The Morgan fingerprint density at radius 3 is 2.65 bits per heavy atom. The van der Waals surface area contributed by atoms with E-state index in [-0.39, 0.29) is 6.54 Å². The van der Waals surface area contributed by atoms with Gasteiger partial charge >= 0.3 is 0 Å². The van der Waals surface area contributed by atoms with Crippen LogP contribution in [0.15, 0.2) is 48.5 Å². The summed E-state index contributed by atoms with van der Waals surface area (Å²) in [6.07, 6.45) is 0. The second kappa shape index (κ2) is 5.93. The van der Waals surface area contributed by atoms with Crippen molar-refractivity contribution in [2.45, 2.75) is 19.1 Å². The molecule has 3 rings (SSSR count). The smallest absolute Gasteiger partial charge is 0.278 e. The lowest BCUT2D eigenvalue weighted by Gasteiger charge is -2.33. The van der Waals surface area contributed by atoms with Crippen LogP contribution in [0.5, 0.6) is 5.75 Å². The van der Waals surface area contributed by atoms with Gasteiger partial charge in [0.05, 0.1) is 5.69 Å². The molecule has 2 amide bonds. The van der Waals surface area contributed by atoms with E-state index in [2.05, 4.69) is 10.6 Å². The number of hydrogen-bond acceptors (Lipinski definition) is 3. The van der Waals surface area contributed by atoms with Crippen molar-refractivity contribution >= 4 is 29.1 Å². The molecule has 0 fully saturated rings. The summed E-state index contributed by atoms with van der Waals surface area (Å²) >= 11 is 5.82. The third kappa shape index (κ3) is 3.00. The van der Waals surface area contributed by atoms with E-state index in [4.69, 9.17) is 16.3 Å². The van der Waals surface area contributed by atoms with Gasteiger partial charge in [0.2, 0.25) is 0 Å². The summed E-state index contributed by atoms with van der Waals surface area (Å²) in [7, 11) is 0. The van der Waals surface area contributed by atoms with Crippen molar-refractivity contribution in [1.29, 1.82) is 0 Å². The average molecular weight is 331 g/mol. The third-order valence-corrected chi connectivity index (χ3v) is 3.93. The molecule has 2 aromatic rings. The first-order valence-electron chi connectivity index (χ1n) is 7.11. The SMILES string of the molecule is C[C@@]1(C(=O)NCc2ccc(Cl)cc2)Oc2ccccc2NC1=O. The van der Waals surface area contributed by atoms with Crippen molar-refractivity contribution < 1.29 is 14.3 Å². The van der Waals surface area contributed by atoms with E-state index in [9.17, 15) is 9.59 Å². The van der Waals surface area contributed by atoms with E-state index in [0.717, 1.165) is 5.56 Å². The molecule has 0 aliphatic carbocycles. The van der Waals surface area contributed by atoms with Crippen LogP contribution in [0.25, 0.3) is 0 Å². The molecule has 2 aromatic carbocycles. The van der Waals surface area contributed by atoms with E-state index in [1.54, 1.807) is 36.4 Å². The average Bonchev–Trinajstić information content (AvgIpc) is 2.55. The lowest BCUT2D eigenvalue weighted by Crippen LogP contribution is -2.58. The van der Waals surface area contributed by atoms with Gasteiger partial charge in [-0.2, -0.15) is 0 Å². The fourth-order valence-corrected chi connectivity index (χ4v) is 2.40. The predicted octanol–water partition coefficient (Wildman–Crippen LogP) is 2.75. The van der Waals surface area contributed by atoms with Gasteiger partial charge in [-0.05, 0) is 36.8 Å². The zero-order chi connectivity index (χ0) is 16.4. The Balaban J connectivity index is 1.73. The molecule has 1 atom stereocenters. The maximum Gasteiger partial charge on any atom is 0.278 e. The number of rotatable bonds is 3. The molecule has 6 heteroatoms. The Labute approximate surface area is 138 Å². The van der Waals surface area contributed by atoms with Gasteiger partial charge in [0.15, 0.2) is 0 Å². The van der Waals surface area contributed by atoms with E-state index >= 15 is 0 Å². The van der Waals surface area contributed by atoms with E-state index in [1.165, 1.54) is 6.92 Å². The number of carbonyl (C=O) groups excluding carboxylic acids is 2. The molecule has 0 radical (unpaired) electrons. The fraction of sp³-hybridized carbons (Fsp3) is 0.176. The normalized spacial score (nSPS) is 19.3. The summed E-state index contributed by atoms with van der Waals surface area (Å²) in [5.74, 6) is -0.527. The molecule has 1 heterocycles. The highest BCUT2D eigenvalue weighted by atomic mass is 35.5. The van der Waals surface area contributed by atoms with Crippen LogP contribution in [-0.4, -0.2) is 17.4 Å². The van der Waals surface area contributed by atoms with Crippen LogP contribution < -0.4 is 15.4 Å². The lowest BCUT2D eigenvalue weighted by molar-refractivity contribution is -0.146. The minimum atomic E-state index is -1.61. The summed E-state index contributed by atoms with van der Waals surface area (Å²) in [5, 5.41) is 6.04. The molecule has 118 valence electrons.